The van der Waals surface area contributed by atoms with E-state index in [1.165, 1.54) is 25.9 Å². The van der Waals surface area contributed by atoms with Crippen molar-refractivity contribution in [2.75, 3.05) is 38.7 Å². The van der Waals surface area contributed by atoms with Crippen LogP contribution in [0.15, 0.2) is 24.3 Å². The van der Waals surface area contributed by atoms with Crippen LogP contribution in [0, 0.1) is 0 Å². The average Bonchev–Trinajstić information content (AvgIpc) is 2.60. The van der Waals surface area contributed by atoms with Crippen molar-refractivity contribution in [2.24, 2.45) is 0 Å². The molecule has 0 N–H and O–H groups in total. The molecule has 0 aliphatic carbocycles. The number of benzene rings is 1. The molecule has 0 heterocycles. The second-order valence-corrected chi connectivity index (χ2v) is 5.07. The molecule has 1 aromatic rings. The van der Waals surface area contributed by atoms with E-state index in [4.69, 9.17) is 14.2 Å². The highest BCUT2D eigenvalue weighted by Gasteiger charge is 2.20. The SMILES string of the molecule is COc1ccccc1N(CC(=O)OCOC(C)=O)CC(=O)OCOC(C)=O. The number of nitrogens with zero attached hydrogens (tertiary/aromatic N) is 1. The number of anilines is 1. The van der Waals surface area contributed by atoms with Gasteiger partial charge in [0.1, 0.15) is 18.8 Å². The lowest BCUT2D eigenvalue weighted by Gasteiger charge is -2.24. The Hall–Kier alpha value is -3.30. The molecule has 0 spiro atoms. The number of methoxy groups -OCH3 is 1. The number of carbonyl (C=O) groups excluding carboxylic acids is 4. The van der Waals surface area contributed by atoms with Crippen molar-refractivity contribution in [3.63, 3.8) is 0 Å². The normalized spacial score (nSPS) is 9.74. The quantitative estimate of drug-likeness (QED) is 0.420. The van der Waals surface area contributed by atoms with Crippen LogP contribution in [-0.2, 0) is 38.1 Å². The molecule has 27 heavy (non-hydrogen) atoms. The van der Waals surface area contributed by atoms with Crippen LogP contribution in [0.1, 0.15) is 13.8 Å². The second kappa shape index (κ2) is 11.3. The highest BCUT2D eigenvalue weighted by Crippen LogP contribution is 2.27. The van der Waals surface area contributed by atoms with Crippen molar-refractivity contribution in [3.8, 4) is 5.75 Å². The monoisotopic (exact) mass is 383 g/mol. The third kappa shape index (κ3) is 8.56. The molecule has 0 radical (unpaired) electrons. The maximum Gasteiger partial charge on any atom is 0.328 e. The summed E-state index contributed by atoms with van der Waals surface area (Å²) in [7, 11) is 1.44. The standard InChI is InChI=1S/C17H21NO9/c1-12(19)24-10-26-16(21)8-18(9-17(22)27-11-25-13(2)20)14-6-4-5-7-15(14)23-3/h4-7H,8-11H2,1-3H3. The van der Waals surface area contributed by atoms with E-state index in [1.54, 1.807) is 24.3 Å². The zero-order valence-electron chi connectivity index (χ0n) is 15.3. The van der Waals surface area contributed by atoms with Gasteiger partial charge in [-0.25, -0.2) is 0 Å². The van der Waals surface area contributed by atoms with Gasteiger partial charge in [-0.1, -0.05) is 12.1 Å². The Labute approximate surface area is 155 Å². The van der Waals surface area contributed by atoms with Gasteiger partial charge in [-0.2, -0.15) is 0 Å². The maximum absolute atomic E-state index is 12.0. The van der Waals surface area contributed by atoms with E-state index in [1.807, 2.05) is 0 Å². The van der Waals surface area contributed by atoms with Gasteiger partial charge in [0.25, 0.3) is 0 Å². The number of hydrogen-bond donors (Lipinski definition) is 0. The molecule has 1 rings (SSSR count). The smallest absolute Gasteiger partial charge is 0.328 e. The fraction of sp³-hybridized carbons (Fsp3) is 0.412. The molecule has 0 saturated heterocycles. The summed E-state index contributed by atoms with van der Waals surface area (Å²) >= 11 is 0. The van der Waals surface area contributed by atoms with E-state index >= 15 is 0 Å². The molecule has 0 aliphatic rings. The van der Waals surface area contributed by atoms with Crippen LogP contribution >= 0.6 is 0 Å². The number of carbonyl (C=O) groups is 4. The molecular formula is C17H21NO9. The van der Waals surface area contributed by atoms with Gasteiger partial charge >= 0.3 is 23.9 Å². The van der Waals surface area contributed by atoms with Crippen molar-refractivity contribution >= 4 is 29.6 Å². The fourth-order valence-electron chi connectivity index (χ4n) is 1.88. The number of esters is 4. The molecule has 0 aromatic heterocycles. The Morgan fingerprint density at radius 3 is 1.74 bits per heavy atom. The van der Waals surface area contributed by atoms with E-state index in [2.05, 4.69) is 9.47 Å². The number of hydrogen-bond acceptors (Lipinski definition) is 10. The molecular weight excluding hydrogens is 362 g/mol. The molecule has 0 atom stereocenters. The Morgan fingerprint density at radius 1 is 0.815 bits per heavy atom. The summed E-state index contributed by atoms with van der Waals surface area (Å²) in [4.78, 5) is 46.7. The predicted molar refractivity (Wildman–Crippen MR) is 90.7 cm³/mol. The zero-order valence-corrected chi connectivity index (χ0v) is 15.3. The summed E-state index contributed by atoms with van der Waals surface area (Å²) in [6.45, 7) is 0.590. The van der Waals surface area contributed by atoms with Crippen molar-refractivity contribution in [3.05, 3.63) is 24.3 Å². The average molecular weight is 383 g/mol. The maximum atomic E-state index is 12.0. The van der Waals surface area contributed by atoms with Crippen LogP contribution in [0.3, 0.4) is 0 Å². The number of para-hydroxylation sites is 2. The largest absolute Gasteiger partial charge is 0.495 e. The highest BCUT2D eigenvalue weighted by atomic mass is 16.7. The molecule has 1 aromatic carbocycles. The molecule has 10 nitrogen and oxygen atoms in total. The summed E-state index contributed by atoms with van der Waals surface area (Å²) in [6.07, 6.45) is 0. The van der Waals surface area contributed by atoms with Gasteiger partial charge in [0.05, 0.1) is 12.8 Å². The Balaban J connectivity index is 2.80. The van der Waals surface area contributed by atoms with Gasteiger partial charge in [0.15, 0.2) is 0 Å². The second-order valence-electron chi connectivity index (χ2n) is 5.07. The van der Waals surface area contributed by atoms with E-state index in [0.717, 1.165) is 0 Å². The molecule has 0 unspecified atom stereocenters. The lowest BCUT2D eigenvalue weighted by atomic mass is 10.2. The summed E-state index contributed by atoms with van der Waals surface area (Å²) in [5.74, 6) is -2.26. The summed E-state index contributed by atoms with van der Waals surface area (Å²) in [5, 5.41) is 0. The minimum Gasteiger partial charge on any atom is -0.495 e. The number of rotatable bonds is 10. The Morgan fingerprint density at radius 2 is 1.30 bits per heavy atom. The molecule has 10 heteroatoms. The third-order valence-corrected chi connectivity index (χ3v) is 3.03. The van der Waals surface area contributed by atoms with E-state index in [0.29, 0.717) is 11.4 Å². The first-order valence-electron chi connectivity index (χ1n) is 7.79. The van der Waals surface area contributed by atoms with Crippen LogP contribution in [0.4, 0.5) is 5.69 Å². The minimum atomic E-state index is -0.741. The van der Waals surface area contributed by atoms with Crippen LogP contribution < -0.4 is 9.64 Å². The highest BCUT2D eigenvalue weighted by molar-refractivity contribution is 5.82. The molecule has 0 amide bonds. The third-order valence-electron chi connectivity index (χ3n) is 3.03. The van der Waals surface area contributed by atoms with Gasteiger partial charge in [0, 0.05) is 13.8 Å². The summed E-state index contributed by atoms with van der Waals surface area (Å²) in [6, 6.07) is 6.70. The van der Waals surface area contributed by atoms with E-state index in [-0.39, 0.29) is 13.1 Å². The van der Waals surface area contributed by atoms with Crippen LogP contribution in [0.5, 0.6) is 5.75 Å². The zero-order chi connectivity index (χ0) is 20.2. The molecule has 0 bridgehead atoms. The van der Waals surface area contributed by atoms with Gasteiger partial charge in [-0.15, -0.1) is 0 Å². The molecule has 0 aliphatic heterocycles. The van der Waals surface area contributed by atoms with Gasteiger partial charge < -0.3 is 28.6 Å². The van der Waals surface area contributed by atoms with Crippen molar-refractivity contribution in [1.29, 1.82) is 0 Å². The lowest BCUT2D eigenvalue weighted by molar-refractivity contribution is -0.165. The van der Waals surface area contributed by atoms with Crippen LogP contribution in [-0.4, -0.2) is 57.7 Å². The molecule has 0 fully saturated rings. The van der Waals surface area contributed by atoms with Crippen molar-refractivity contribution in [2.45, 2.75) is 13.8 Å². The first kappa shape index (κ1) is 21.7. The van der Waals surface area contributed by atoms with Crippen LogP contribution in [0.25, 0.3) is 0 Å². The first-order valence-corrected chi connectivity index (χ1v) is 7.79. The summed E-state index contributed by atoms with van der Waals surface area (Å²) < 4.78 is 23.9. The minimum absolute atomic E-state index is 0.343. The Bertz CT molecular complexity index is 640. The first-order chi connectivity index (χ1) is 12.8. The molecule has 0 saturated carbocycles. The van der Waals surface area contributed by atoms with E-state index in [9.17, 15) is 19.2 Å². The Kier molecular flexibility index (Phi) is 9.13. The number of ether oxygens (including phenoxy) is 5. The summed E-state index contributed by atoms with van der Waals surface area (Å²) in [5.41, 5.74) is 0.439. The lowest BCUT2D eigenvalue weighted by Crippen LogP contribution is -2.37. The van der Waals surface area contributed by atoms with E-state index < -0.39 is 37.5 Å². The van der Waals surface area contributed by atoms with Crippen LogP contribution in [0.2, 0.25) is 0 Å². The topological polar surface area (TPSA) is 118 Å². The van der Waals surface area contributed by atoms with Gasteiger partial charge in [0.2, 0.25) is 13.6 Å². The molecule has 148 valence electrons. The van der Waals surface area contributed by atoms with Crippen molar-refractivity contribution in [1.82, 2.24) is 0 Å². The van der Waals surface area contributed by atoms with Crippen molar-refractivity contribution < 1.29 is 42.9 Å². The van der Waals surface area contributed by atoms with Gasteiger partial charge in [-0.05, 0) is 12.1 Å². The van der Waals surface area contributed by atoms with Gasteiger partial charge in [-0.3, -0.25) is 19.2 Å². The fourth-order valence-corrected chi connectivity index (χ4v) is 1.88. The predicted octanol–water partition coefficient (Wildman–Crippen LogP) is 0.629.